The zero-order valence-corrected chi connectivity index (χ0v) is 12.0. The Labute approximate surface area is 116 Å². The SMILES string of the molecule is CCN(C)C(=O)c1csc(-c2ccccc2OC)n1. The first-order chi connectivity index (χ1) is 9.17. The predicted molar refractivity (Wildman–Crippen MR) is 76.7 cm³/mol. The lowest BCUT2D eigenvalue weighted by Gasteiger charge is -2.11. The Kier molecular flexibility index (Phi) is 4.16. The summed E-state index contributed by atoms with van der Waals surface area (Å²) >= 11 is 1.45. The normalized spacial score (nSPS) is 10.3. The Morgan fingerprint density at radius 1 is 1.42 bits per heavy atom. The van der Waals surface area contributed by atoms with Gasteiger partial charge in [0.25, 0.3) is 5.91 Å². The van der Waals surface area contributed by atoms with Crippen LogP contribution in [-0.2, 0) is 0 Å². The fourth-order valence-electron chi connectivity index (χ4n) is 1.66. The van der Waals surface area contributed by atoms with Gasteiger partial charge in [-0.05, 0) is 19.1 Å². The van der Waals surface area contributed by atoms with E-state index in [-0.39, 0.29) is 5.91 Å². The number of methoxy groups -OCH3 is 1. The van der Waals surface area contributed by atoms with Gasteiger partial charge in [0.05, 0.1) is 12.7 Å². The van der Waals surface area contributed by atoms with Crippen LogP contribution in [0.2, 0.25) is 0 Å². The molecule has 0 fully saturated rings. The minimum absolute atomic E-state index is 0.0557. The lowest BCUT2D eigenvalue weighted by atomic mass is 10.2. The second-order valence-corrected chi connectivity index (χ2v) is 4.92. The van der Waals surface area contributed by atoms with Gasteiger partial charge in [-0.25, -0.2) is 4.98 Å². The number of rotatable bonds is 4. The average Bonchev–Trinajstić information content (AvgIpc) is 2.95. The third-order valence-electron chi connectivity index (χ3n) is 2.88. The summed E-state index contributed by atoms with van der Waals surface area (Å²) in [5, 5.41) is 2.58. The molecule has 4 nitrogen and oxygen atoms in total. The van der Waals surface area contributed by atoms with Gasteiger partial charge < -0.3 is 9.64 Å². The lowest BCUT2D eigenvalue weighted by molar-refractivity contribution is 0.0797. The summed E-state index contributed by atoms with van der Waals surface area (Å²) in [6.45, 7) is 2.60. The maximum absolute atomic E-state index is 12.0. The molecule has 0 unspecified atom stereocenters. The minimum atomic E-state index is -0.0557. The summed E-state index contributed by atoms with van der Waals surface area (Å²) in [6, 6.07) is 7.66. The molecule has 0 atom stereocenters. The van der Waals surface area contributed by atoms with Gasteiger partial charge in [0.15, 0.2) is 0 Å². The monoisotopic (exact) mass is 276 g/mol. The van der Waals surface area contributed by atoms with Crippen molar-refractivity contribution >= 4 is 17.2 Å². The van der Waals surface area contributed by atoms with Gasteiger partial charge in [0.1, 0.15) is 16.5 Å². The summed E-state index contributed by atoms with van der Waals surface area (Å²) in [7, 11) is 3.40. The Hall–Kier alpha value is -1.88. The van der Waals surface area contributed by atoms with Gasteiger partial charge in [-0.3, -0.25) is 4.79 Å². The van der Waals surface area contributed by atoms with Crippen molar-refractivity contribution in [2.45, 2.75) is 6.92 Å². The molecule has 0 radical (unpaired) electrons. The molecule has 0 N–H and O–H groups in total. The molecule has 2 aromatic rings. The fraction of sp³-hybridized carbons (Fsp3) is 0.286. The van der Waals surface area contributed by atoms with Crippen molar-refractivity contribution in [3.05, 3.63) is 35.3 Å². The van der Waals surface area contributed by atoms with Crippen LogP contribution in [0.4, 0.5) is 0 Å². The highest BCUT2D eigenvalue weighted by molar-refractivity contribution is 7.13. The van der Waals surface area contributed by atoms with E-state index in [2.05, 4.69) is 4.98 Å². The van der Waals surface area contributed by atoms with Crippen LogP contribution in [0, 0.1) is 0 Å². The standard InChI is InChI=1S/C14H16N2O2S/c1-4-16(2)14(17)11-9-19-13(15-11)10-7-5-6-8-12(10)18-3/h5-9H,4H2,1-3H3. The van der Waals surface area contributed by atoms with Crippen molar-refractivity contribution in [2.75, 3.05) is 20.7 Å². The van der Waals surface area contributed by atoms with Crippen LogP contribution < -0.4 is 4.74 Å². The molecule has 1 amide bonds. The second-order valence-electron chi connectivity index (χ2n) is 4.06. The largest absolute Gasteiger partial charge is 0.496 e. The van der Waals surface area contributed by atoms with Gasteiger partial charge in [0.2, 0.25) is 0 Å². The zero-order valence-electron chi connectivity index (χ0n) is 11.2. The third-order valence-corrected chi connectivity index (χ3v) is 3.76. The third kappa shape index (κ3) is 2.76. The number of nitrogens with zero attached hydrogens (tertiary/aromatic N) is 2. The number of thiazole rings is 1. The van der Waals surface area contributed by atoms with Gasteiger partial charge >= 0.3 is 0 Å². The minimum Gasteiger partial charge on any atom is -0.496 e. The molecule has 0 aliphatic carbocycles. The predicted octanol–water partition coefficient (Wildman–Crippen LogP) is 2.91. The van der Waals surface area contributed by atoms with E-state index in [9.17, 15) is 4.79 Å². The van der Waals surface area contributed by atoms with Crippen molar-refractivity contribution in [2.24, 2.45) is 0 Å². The van der Waals surface area contributed by atoms with Crippen LogP contribution in [0.1, 0.15) is 17.4 Å². The number of aromatic nitrogens is 1. The molecule has 100 valence electrons. The van der Waals surface area contributed by atoms with Crippen LogP contribution in [0.3, 0.4) is 0 Å². The molecule has 1 aromatic carbocycles. The van der Waals surface area contributed by atoms with Gasteiger partial charge in [-0.1, -0.05) is 12.1 Å². The molecule has 5 heteroatoms. The van der Waals surface area contributed by atoms with E-state index in [1.165, 1.54) is 11.3 Å². The van der Waals surface area contributed by atoms with Crippen LogP contribution >= 0.6 is 11.3 Å². The maximum Gasteiger partial charge on any atom is 0.273 e. The molecule has 0 aliphatic rings. The van der Waals surface area contributed by atoms with E-state index in [1.54, 1.807) is 24.4 Å². The molecule has 0 bridgehead atoms. The Morgan fingerprint density at radius 3 is 2.84 bits per heavy atom. The number of hydrogen-bond donors (Lipinski definition) is 0. The number of carbonyl (C=O) groups is 1. The number of benzene rings is 1. The first-order valence-corrected chi connectivity index (χ1v) is 6.89. The maximum atomic E-state index is 12.0. The van der Waals surface area contributed by atoms with Gasteiger partial charge in [-0.2, -0.15) is 0 Å². The Balaban J connectivity index is 2.33. The molecule has 1 aromatic heterocycles. The lowest BCUT2D eigenvalue weighted by Crippen LogP contribution is -2.26. The molecule has 0 spiro atoms. The van der Waals surface area contributed by atoms with Gasteiger partial charge in [-0.15, -0.1) is 11.3 Å². The highest BCUT2D eigenvalue weighted by atomic mass is 32.1. The number of para-hydroxylation sites is 1. The highest BCUT2D eigenvalue weighted by Crippen LogP contribution is 2.31. The first kappa shape index (κ1) is 13.5. The van der Waals surface area contributed by atoms with Crippen LogP contribution in [0.5, 0.6) is 5.75 Å². The van der Waals surface area contributed by atoms with Crippen LogP contribution in [-0.4, -0.2) is 36.5 Å². The summed E-state index contributed by atoms with van der Waals surface area (Å²) in [4.78, 5) is 18.1. The van der Waals surface area contributed by atoms with E-state index in [0.717, 1.165) is 16.3 Å². The quantitative estimate of drug-likeness (QED) is 0.862. The van der Waals surface area contributed by atoms with Crippen molar-refractivity contribution < 1.29 is 9.53 Å². The number of ether oxygens (including phenoxy) is 1. The average molecular weight is 276 g/mol. The molecular weight excluding hydrogens is 260 g/mol. The Bertz CT molecular complexity index is 580. The Morgan fingerprint density at radius 2 is 2.16 bits per heavy atom. The highest BCUT2D eigenvalue weighted by Gasteiger charge is 2.16. The fourth-order valence-corrected chi connectivity index (χ4v) is 2.48. The van der Waals surface area contributed by atoms with E-state index in [1.807, 2.05) is 31.2 Å². The summed E-state index contributed by atoms with van der Waals surface area (Å²) in [5.41, 5.74) is 1.39. The molecule has 2 rings (SSSR count). The van der Waals surface area contributed by atoms with E-state index in [0.29, 0.717) is 12.2 Å². The summed E-state index contributed by atoms with van der Waals surface area (Å²) < 4.78 is 5.31. The van der Waals surface area contributed by atoms with E-state index >= 15 is 0 Å². The van der Waals surface area contributed by atoms with Crippen molar-refractivity contribution in [1.82, 2.24) is 9.88 Å². The van der Waals surface area contributed by atoms with Crippen LogP contribution in [0.25, 0.3) is 10.6 Å². The molecule has 0 saturated heterocycles. The van der Waals surface area contributed by atoms with Crippen molar-refractivity contribution in [1.29, 1.82) is 0 Å². The van der Waals surface area contributed by atoms with E-state index in [4.69, 9.17) is 4.74 Å². The van der Waals surface area contributed by atoms with Crippen LogP contribution in [0.15, 0.2) is 29.6 Å². The van der Waals surface area contributed by atoms with Crippen molar-refractivity contribution in [3.8, 4) is 16.3 Å². The first-order valence-electron chi connectivity index (χ1n) is 6.01. The zero-order chi connectivity index (χ0) is 13.8. The van der Waals surface area contributed by atoms with Crippen molar-refractivity contribution in [3.63, 3.8) is 0 Å². The topological polar surface area (TPSA) is 42.4 Å². The molecule has 0 aliphatic heterocycles. The summed E-state index contributed by atoms with van der Waals surface area (Å²) in [6.07, 6.45) is 0. The summed E-state index contributed by atoms with van der Waals surface area (Å²) in [5.74, 6) is 0.708. The number of carbonyl (C=O) groups excluding carboxylic acids is 1. The second kappa shape index (κ2) is 5.84. The molecule has 1 heterocycles. The molecule has 19 heavy (non-hydrogen) atoms. The number of hydrogen-bond acceptors (Lipinski definition) is 4. The molecule has 0 saturated carbocycles. The smallest absolute Gasteiger partial charge is 0.273 e. The molecular formula is C14H16N2O2S. The number of amides is 1. The van der Waals surface area contributed by atoms with Gasteiger partial charge in [0, 0.05) is 19.0 Å². The van der Waals surface area contributed by atoms with E-state index < -0.39 is 0 Å².